The van der Waals surface area contributed by atoms with Gasteiger partial charge in [-0.1, -0.05) is 12.1 Å². The Morgan fingerprint density at radius 1 is 0.955 bits per heavy atom. The third-order valence-electron chi connectivity index (χ3n) is 3.85. The Balaban J connectivity index is 2.56. The Hall–Kier alpha value is -1.94. The zero-order chi connectivity index (χ0) is 16.4. The largest absolute Gasteiger partial charge is 0.494 e. The zero-order valence-corrected chi connectivity index (χ0v) is 13.6. The van der Waals surface area contributed by atoms with Crippen molar-refractivity contribution in [3.63, 3.8) is 0 Å². The van der Waals surface area contributed by atoms with E-state index in [0.717, 1.165) is 16.7 Å². The van der Waals surface area contributed by atoms with Crippen molar-refractivity contribution < 1.29 is 13.5 Å². The molecular formula is C18H21F2NO. The smallest absolute Gasteiger partial charge is 0.165 e. The molecule has 0 saturated carbocycles. The fourth-order valence-electron chi connectivity index (χ4n) is 2.74. The normalized spacial score (nSPS) is 12.5. The zero-order valence-electron chi connectivity index (χ0n) is 13.6. The summed E-state index contributed by atoms with van der Waals surface area (Å²) in [6, 6.07) is 7.99. The van der Waals surface area contributed by atoms with Gasteiger partial charge in [0.25, 0.3) is 0 Å². The van der Waals surface area contributed by atoms with E-state index in [2.05, 4.69) is 0 Å². The fourth-order valence-corrected chi connectivity index (χ4v) is 2.74. The molecule has 0 saturated heterocycles. The van der Waals surface area contributed by atoms with Crippen molar-refractivity contribution in [2.24, 2.45) is 0 Å². The molecule has 0 aliphatic carbocycles. The predicted molar refractivity (Wildman–Crippen MR) is 84.4 cm³/mol. The molecule has 0 unspecified atom stereocenters. The number of hydrogen-bond acceptors (Lipinski definition) is 2. The molecule has 2 aromatic carbocycles. The number of nitrogens with zero attached hydrogens (tertiary/aromatic N) is 1. The highest BCUT2D eigenvalue weighted by Gasteiger charge is 2.21. The van der Waals surface area contributed by atoms with E-state index in [4.69, 9.17) is 4.74 Å². The maximum absolute atomic E-state index is 14.0. The first-order valence-corrected chi connectivity index (χ1v) is 7.11. The number of hydrogen-bond donors (Lipinski definition) is 0. The fraction of sp³-hybridized carbons (Fsp3) is 0.333. The lowest BCUT2D eigenvalue weighted by atomic mass is 9.92. The molecule has 2 nitrogen and oxygen atoms in total. The summed E-state index contributed by atoms with van der Waals surface area (Å²) in [5.41, 5.74) is 3.18. The van der Waals surface area contributed by atoms with Crippen LogP contribution >= 0.6 is 0 Å². The number of aryl methyl sites for hydroxylation is 2. The van der Waals surface area contributed by atoms with E-state index < -0.39 is 5.82 Å². The molecule has 0 aliphatic rings. The summed E-state index contributed by atoms with van der Waals surface area (Å²) < 4.78 is 33.0. The summed E-state index contributed by atoms with van der Waals surface area (Å²) >= 11 is 0. The highest BCUT2D eigenvalue weighted by Crippen LogP contribution is 2.32. The molecule has 22 heavy (non-hydrogen) atoms. The first-order valence-electron chi connectivity index (χ1n) is 7.11. The highest BCUT2D eigenvalue weighted by molar-refractivity contribution is 5.41. The molecule has 1 atom stereocenters. The molecular weight excluding hydrogens is 284 g/mol. The van der Waals surface area contributed by atoms with Gasteiger partial charge in [0.05, 0.1) is 13.2 Å². The van der Waals surface area contributed by atoms with Gasteiger partial charge in [-0.15, -0.1) is 0 Å². The van der Waals surface area contributed by atoms with E-state index in [0.29, 0.717) is 5.56 Å². The van der Waals surface area contributed by atoms with Crippen LogP contribution in [0.2, 0.25) is 0 Å². The van der Waals surface area contributed by atoms with Crippen LogP contribution in [-0.2, 0) is 0 Å². The number of benzene rings is 2. The molecule has 118 valence electrons. The second-order valence-corrected chi connectivity index (χ2v) is 5.72. The van der Waals surface area contributed by atoms with Gasteiger partial charge in [-0.25, -0.2) is 8.78 Å². The van der Waals surface area contributed by atoms with Gasteiger partial charge >= 0.3 is 0 Å². The Morgan fingerprint density at radius 2 is 1.64 bits per heavy atom. The second kappa shape index (κ2) is 6.44. The van der Waals surface area contributed by atoms with Crippen LogP contribution in [0.3, 0.4) is 0 Å². The van der Waals surface area contributed by atoms with Gasteiger partial charge in [0.2, 0.25) is 0 Å². The minimum absolute atomic E-state index is 0.202. The van der Waals surface area contributed by atoms with Crippen molar-refractivity contribution in [1.82, 2.24) is 4.90 Å². The quantitative estimate of drug-likeness (QED) is 0.837. The van der Waals surface area contributed by atoms with Crippen LogP contribution in [0, 0.1) is 25.5 Å². The van der Waals surface area contributed by atoms with Crippen LogP contribution in [0.25, 0.3) is 0 Å². The van der Waals surface area contributed by atoms with Gasteiger partial charge in [0, 0.05) is 0 Å². The maximum Gasteiger partial charge on any atom is 0.165 e. The van der Waals surface area contributed by atoms with Gasteiger partial charge in [-0.2, -0.15) is 0 Å². The van der Waals surface area contributed by atoms with Crippen LogP contribution in [0.4, 0.5) is 8.78 Å². The van der Waals surface area contributed by atoms with Crippen molar-refractivity contribution in [3.8, 4) is 5.75 Å². The van der Waals surface area contributed by atoms with E-state index in [1.54, 1.807) is 13.0 Å². The molecule has 0 spiro atoms. The third kappa shape index (κ3) is 3.12. The van der Waals surface area contributed by atoms with Crippen molar-refractivity contribution in [1.29, 1.82) is 0 Å². The monoisotopic (exact) mass is 305 g/mol. The Labute approximate surface area is 130 Å². The molecule has 2 aromatic rings. The summed E-state index contributed by atoms with van der Waals surface area (Å²) in [7, 11) is 5.22. The Morgan fingerprint density at radius 3 is 2.18 bits per heavy atom. The lowest BCUT2D eigenvalue weighted by Crippen LogP contribution is -2.22. The molecule has 0 N–H and O–H groups in total. The highest BCUT2D eigenvalue weighted by atomic mass is 19.1. The minimum Gasteiger partial charge on any atom is -0.494 e. The number of rotatable bonds is 4. The van der Waals surface area contributed by atoms with Gasteiger partial charge in [0.1, 0.15) is 5.82 Å². The summed E-state index contributed by atoms with van der Waals surface area (Å²) in [6.07, 6.45) is 0. The Kier molecular flexibility index (Phi) is 4.81. The van der Waals surface area contributed by atoms with E-state index in [1.807, 2.05) is 38.1 Å². The van der Waals surface area contributed by atoms with Gasteiger partial charge in [-0.3, -0.25) is 4.90 Å². The van der Waals surface area contributed by atoms with E-state index in [1.165, 1.54) is 19.2 Å². The first-order chi connectivity index (χ1) is 10.3. The molecule has 0 fully saturated rings. The Bertz CT molecular complexity index is 683. The third-order valence-corrected chi connectivity index (χ3v) is 3.85. The molecule has 0 radical (unpaired) electrons. The van der Waals surface area contributed by atoms with Crippen molar-refractivity contribution in [2.45, 2.75) is 19.9 Å². The van der Waals surface area contributed by atoms with Crippen molar-refractivity contribution in [3.05, 3.63) is 64.2 Å². The summed E-state index contributed by atoms with van der Waals surface area (Å²) in [5, 5.41) is 0. The molecule has 0 aromatic heterocycles. The standard InChI is InChI=1S/C18H21F2NO/c1-11-8-12(2)15(19)10-14(11)18(21(3)4)13-6-7-17(22-5)16(20)9-13/h6-10,18H,1-5H3/t18-/m0/s1. The molecule has 0 bridgehead atoms. The maximum atomic E-state index is 14.0. The van der Waals surface area contributed by atoms with Gasteiger partial charge in [0.15, 0.2) is 11.6 Å². The lowest BCUT2D eigenvalue weighted by molar-refractivity contribution is 0.337. The molecule has 0 amide bonds. The van der Waals surface area contributed by atoms with E-state index in [-0.39, 0.29) is 17.6 Å². The van der Waals surface area contributed by atoms with Crippen LogP contribution in [0.1, 0.15) is 28.3 Å². The van der Waals surface area contributed by atoms with Gasteiger partial charge in [-0.05, 0) is 68.4 Å². The molecule has 0 heterocycles. The summed E-state index contributed by atoms with van der Waals surface area (Å²) in [4.78, 5) is 1.94. The number of halogens is 2. The minimum atomic E-state index is -0.419. The number of ether oxygens (including phenoxy) is 1. The topological polar surface area (TPSA) is 12.5 Å². The summed E-state index contributed by atoms with van der Waals surface area (Å²) in [5.74, 6) is -0.466. The molecule has 0 aliphatic heterocycles. The van der Waals surface area contributed by atoms with Crippen LogP contribution in [0.15, 0.2) is 30.3 Å². The lowest BCUT2D eigenvalue weighted by Gasteiger charge is -2.27. The van der Waals surface area contributed by atoms with Crippen molar-refractivity contribution in [2.75, 3.05) is 21.2 Å². The second-order valence-electron chi connectivity index (χ2n) is 5.72. The van der Waals surface area contributed by atoms with E-state index in [9.17, 15) is 8.78 Å². The summed E-state index contributed by atoms with van der Waals surface area (Å²) in [6.45, 7) is 3.68. The molecule has 2 rings (SSSR count). The van der Waals surface area contributed by atoms with E-state index >= 15 is 0 Å². The van der Waals surface area contributed by atoms with Gasteiger partial charge < -0.3 is 4.74 Å². The van der Waals surface area contributed by atoms with Crippen LogP contribution in [-0.4, -0.2) is 26.1 Å². The first kappa shape index (κ1) is 16.4. The predicted octanol–water partition coefficient (Wildman–Crippen LogP) is 4.24. The molecule has 4 heteroatoms. The van der Waals surface area contributed by atoms with Crippen LogP contribution < -0.4 is 4.74 Å². The SMILES string of the molecule is COc1ccc([C@@H](c2cc(F)c(C)cc2C)N(C)C)cc1F. The number of methoxy groups -OCH3 is 1. The average Bonchev–Trinajstić information content (AvgIpc) is 2.44. The average molecular weight is 305 g/mol. The van der Waals surface area contributed by atoms with Crippen LogP contribution in [0.5, 0.6) is 5.75 Å². The van der Waals surface area contributed by atoms with Crippen molar-refractivity contribution >= 4 is 0 Å².